The molecule has 2 saturated carbocycles. The summed E-state index contributed by atoms with van der Waals surface area (Å²) in [6.45, 7) is 0.674. The number of ether oxygens (including phenoxy) is 1. The number of hydrogen-bond acceptors (Lipinski definition) is 4. The molecule has 1 heterocycles. The lowest BCUT2D eigenvalue weighted by Gasteiger charge is -2.33. The second kappa shape index (κ2) is 7.46. The van der Waals surface area contributed by atoms with Crippen molar-refractivity contribution in [3.05, 3.63) is 58.4 Å². The zero-order valence-electron chi connectivity index (χ0n) is 16.7. The van der Waals surface area contributed by atoms with Gasteiger partial charge in [-0.05, 0) is 55.7 Å². The van der Waals surface area contributed by atoms with E-state index in [-0.39, 0.29) is 38.6 Å². The number of benzene rings is 2. The number of fused-ring (bicyclic) bond motifs is 2. The third-order valence-corrected chi connectivity index (χ3v) is 9.64. The fourth-order valence-electron chi connectivity index (χ4n) is 5.30. The SMILES string of the molecule is O=C(Nc1cc(F)c(F)c(F)c1)c1ccc(Cl)c(S(=O)(=O)C2C3CCC2CC2(CO2)C3)c1. The highest BCUT2D eigenvalue weighted by atomic mass is 35.5. The van der Waals surface area contributed by atoms with E-state index in [2.05, 4.69) is 5.32 Å². The first-order valence-electron chi connectivity index (χ1n) is 10.2. The Bertz CT molecular complexity index is 1190. The summed E-state index contributed by atoms with van der Waals surface area (Å²) in [6, 6.07) is 5.08. The summed E-state index contributed by atoms with van der Waals surface area (Å²) < 4.78 is 72.7. The zero-order valence-corrected chi connectivity index (χ0v) is 18.3. The summed E-state index contributed by atoms with van der Waals surface area (Å²) in [7, 11) is -3.84. The van der Waals surface area contributed by atoms with Crippen LogP contribution in [0.5, 0.6) is 0 Å². The molecule has 32 heavy (non-hydrogen) atoms. The van der Waals surface area contributed by atoms with Gasteiger partial charge in [0, 0.05) is 23.4 Å². The van der Waals surface area contributed by atoms with Gasteiger partial charge in [0.25, 0.3) is 5.91 Å². The quantitative estimate of drug-likeness (QED) is 0.501. The average molecular weight is 486 g/mol. The predicted molar refractivity (Wildman–Crippen MR) is 111 cm³/mol. The van der Waals surface area contributed by atoms with Gasteiger partial charge in [-0.3, -0.25) is 4.79 Å². The molecule has 3 fully saturated rings. The summed E-state index contributed by atoms with van der Waals surface area (Å²) in [5.41, 5.74) is -0.516. The van der Waals surface area contributed by atoms with Gasteiger partial charge in [-0.1, -0.05) is 11.6 Å². The predicted octanol–water partition coefficient (Wildman–Crippen LogP) is 4.74. The topological polar surface area (TPSA) is 75.8 Å². The maximum absolute atomic E-state index is 13.6. The van der Waals surface area contributed by atoms with E-state index in [0.717, 1.165) is 12.8 Å². The van der Waals surface area contributed by atoms with Crippen molar-refractivity contribution in [2.24, 2.45) is 11.8 Å². The first-order valence-corrected chi connectivity index (χ1v) is 12.2. The van der Waals surface area contributed by atoms with Gasteiger partial charge >= 0.3 is 0 Å². The number of hydrogen-bond donors (Lipinski definition) is 1. The van der Waals surface area contributed by atoms with E-state index in [1.165, 1.54) is 18.2 Å². The lowest BCUT2D eigenvalue weighted by molar-refractivity contribution is 0.102. The molecule has 3 aliphatic rings. The molecule has 2 aliphatic carbocycles. The third-order valence-electron chi connectivity index (χ3n) is 6.76. The molecule has 5 rings (SSSR count). The molecule has 1 saturated heterocycles. The molecule has 1 spiro atoms. The molecule has 1 amide bonds. The van der Waals surface area contributed by atoms with Gasteiger partial charge in [-0.2, -0.15) is 0 Å². The van der Waals surface area contributed by atoms with Crippen LogP contribution in [0.3, 0.4) is 0 Å². The second-order valence-corrected chi connectivity index (χ2v) is 11.3. The van der Waals surface area contributed by atoms with Gasteiger partial charge in [0.15, 0.2) is 27.3 Å². The van der Waals surface area contributed by atoms with Gasteiger partial charge in [0.1, 0.15) is 0 Å². The average Bonchev–Trinajstić information content (AvgIpc) is 3.40. The van der Waals surface area contributed by atoms with Crippen LogP contribution in [0.1, 0.15) is 36.0 Å². The lowest BCUT2D eigenvalue weighted by atomic mass is 9.81. The van der Waals surface area contributed by atoms with Crippen molar-refractivity contribution in [3.8, 4) is 0 Å². The molecule has 1 N–H and O–H groups in total. The Morgan fingerprint density at radius 1 is 1.06 bits per heavy atom. The highest BCUT2D eigenvalue weighted by Crippen LogP contribution is 2.56. The van der Waals surface area contributed by atoms with Crippen molar-refractivity contribution in [3.63, 3.8) is 0 Å². The van der Waals surface area contributed by atoms with Crippen LogP contribution < -0.4 is 5.32 Å². The summed E-state index contributed by atoms with van der Waals surface area (Å²) in [5, 5.41) is 1.67. The molecule has 5 nitrogen and oxygen atoms in total. The van der Waals surface area contributed by atoms with E-state index in [1.807, 2.05) is 0 Å². The van der Waals surface area contributed by atoms with Crippen LogP contribution in [-0.4, -0.2) is 31.8 Å². The Labute approximate surface area is 187 Å². The molecule has 10 heteroatoms. The summed E-state index contributed by atoms with van der Waals surface area (Å²) in [6.07, 6.45) is 3.01. The Kier molecular flexibility index (Phi) is 5.07. The van der Waals surface area contributed by atoms with Crippen LogP contribution in [0, 0.1) is 29.3 Å². The third kappa shape index (κ3) is 3.60. The molecule has 0 aromatic heterocycles. The van der Waals surface area contributed by atoms with Gasteiger partial charge in [0.2, 0.25) is 0 Å². The van der Waals surface area contributed by atoms with Crippen LogP contribution in [0.15, 0.2) is 35.2 Å². The molecule has 2 unspecified atom stereocenters. The Hall–Kier alpha value is -2.10. The van der Waals surface area contributed by atoms with Crippen LogP contribution in [0.2, 0.25) is 5.02 Å². The fraction of sp³-hybridized carbons (Fsp3) is 0.409. The molecule has 2 aromatic carbocycles. The van der Waals surface area contributed by atoms with Crippen molar-refractivity contribution in [1.82, 2.24) is 0 Å². The first-order chi connectivity index (χ1) is 15.1. The summed E-state index contributed by atoms with van der Waals surface area (Å²) in [5.74, 6) is -5.42. The number of halogens is 4. The normalized spacial score (nSPS) is 28.7. The maximum atomic E-state index is 13.6. The smallest absolute Gasteiger partial charge is 0.255 e. The highest BCUT2D eigenvalue weighted by molar-refractivity contribution is 7.92. The molecule has 1 aliphatic heterocycles. The number of carbonyl (C=O) groups is 1. The van der Waals surface area contributed by atoms with Gasteiger partial charge in [-0.15, -0.1) is 0 Å². The van der Waals surface area contributed by atoms with E-state index >= 15 is 0 Å². The number of anilines is 1. The van der Waals surface area contributed by atoms with Crippen LogP contribution in [-0.2, 0) is 14.6 Å². The van der Waals surface area contributed by atoms with Gasteiger partial charge < -0.3 is 10.1 Å². The van der Waals surface area contributed by atoms with E-state index < -0.39 is 38.4 Å². The Balaban J connectivity index is 1.43. The largest absolute Gasteiger partial charge is 0.370 e. The van der Waals surface area contributed by atoms with Crippen LogP contribution in [0.25, 0.3) is 0 Å². The number of nitrogens with one attached hydrogen (secondary N) is 1. The minimum absolute atomic E-state index is 0.00257. The fourth-order valence-corrected chi connectivity index (χ4v) is 8.14. The molecular weight excluding hydrogens is 467 g/mol. The lowest BCUT2D eigenvalue weighted by Crippen LogP contribution is -2.40. The standard InChI is InChI=1S/C22H19ClF3NO4S/c23-15-4-3-11(21(28)27-14-6-16(24)19(26)17(25)7-14)5-18(15)32(29,30)20-12-1-2-13(20)9-22(8-12)10-31-22/h3-7,12-13,20H,1-2,8-10H2,(H,27,28). The van der Waals surface area contributed by atoms with Crippen molar-refractivity contribution >= 4 is 33.0 Å². The maximum Gasteiger partial charge on any atom is 0.255 e. The summed E-state index contributed by atoms with van der Waals surface area (Å²) >= 11 is 6.23. The van der Waals surface area contributed by atoms with E-state index in [9.17, 15) is 26.4 Å². The Morgan fingerprint density at radius 2 is 1.66 bits per heavy atom. The second-order valence-electron chi connectivity index (χ2n) is 8.84. The minimum atomic E-state index is -3.84. The number of rotatable bonds is 4. The highest BCUT2D eigenvalue weighted by Gasteiger charge is 2.60. The van der Waals surface area contributed by atoms with Gasteiger partial charge in [0.05, 0.1) is 27.4 Å². The number of sulfone groups is 1. The van der Waals surface area contributed by atoms with Crippen molar-refractivity contribution in [2.45, 2.75) is 41.4 Å². The minimum Gasteiger partial charge on any atom is -0.370 e. The molecule has 170 valence electrons. The van der Waals surface area contributed by atoms with E-state index in [0.29, 0.717) is 31.6 Å². The number of amides is 1. The molecular formula is C22H19ClF3NO4S. The van der Waals surface area contributed by atoms with E-state index in [4.69, 9.17) is 16.3 Å². The van der Waals surface area contributed by atoms with Gasteiger partial charge in [-0.25, -0.2) is 21.6 Å². The van der Waals surface area contributed by atoms with Crippen molar-refractivity contribution in [2.75, 3.05) is 11.9 Å². The Morgan fingerprint density at radius 3 is 2.22 bits per heavy atom. The van der Waals surface area contributed by atoms with Crippen LogP contribution >= 0.6 is 11.6 Å². The van der Waals surface area contributed by atoms with Crippen LogP contribution in [0.4, 0.5) is 18.9 Å². The molecule has 2 atom stereocenters. The van der Waals surface area contributed by atoms with Crippen molar-refractivity contribution < 1.29 is 31.1 Å². The summed E-state index contributed by atoms with van der Waals surface area (Å²) in [4.78, 5) is 12.5. The number of epoxide rings is 1. The van der Waals surface area contributed by atoms with E-state index in [1.54, 1.807) is 0 Å². The first kappa shape index (κ1) is 21.7. The number of carbonyl (C=O) groups excluding carboxylic acids is 1. The molecule has 0 radical (unpaired) electrons. The molecule has 2 aromatic rings. The zero-order chi connectivity index (χ0) is 22.8. The molecule has 2 bridgehead atoms. The van der Waals surface area contributed by atoms with Crippen molar-refractivity contribution in [1.29, 1.82) is 0 Å². The monoisotopic (exact) mass is 485 g/mol.